The Balaban J connectivity index is 2.42. The van der Waals surface area contributed by atoms with E-state index in [9.17, 15) is 4.79 Å². The molecule has 0 fully saturated rings. The van der Waals surface area contributed by atoms with Crippen LogP contribution < -0.4 is 5.32 Å². The van der Waals surface area contributed by atoms with Crippen molar-refractivity contribution in [2.24, 2.45) is 0 Å². The monoisotopic (exact) mass is 243 g/mol. The average Bonchev–Trinajstić information content (AvgIpc) is 2.32. The molecule has 0 radical (unpaired) electrons. The fraction of sp³-hybridized carbons (Fsp3) is 0.154. The Hall–Kier alpha value is -2.43. The molecule has 2 aromatic rings. The number of carbonyl (C=O) groups is 1. The van der Waals surface area contributed by atoms with Crippen molar-refractivity contribution in [2.75, 3.05) is 5.32 Å². The van der Waals surface area contributed by atoms with E-state index in [-0.39, 0.29) is 5.56 Å². The molecule has 92 valence electrons. The Kier molecular flexibility index (Phi) is 3.23. The van der Waals surface area contributed by atoms with Crippen LogP contribution in [-0.4, -0.2) is 21.0 Å². The van der Waals surface area contributed by atoms with Crippen LogP contribution in [0.4, 0.5) is 11.4 Å². The van der Waals surface area contributed by atoms with Crippen molar-refractivity contribution in [1.29, 1.82) is 0 Å². The number of carboxylic acid groups (broad SMARTS) is 1. The topological polar surface area (TPSA) is 75.1 Å². The summed E-state index contributed by atoms with van der Waals surface area (Å²) in [4.78, 5) is 19.2. The van der Waals surface area contributed by atoms with Gasteiger partial charge in [0.1, 0.15) is 5.56 Å². The summed E-state index contributed by atoms with van der Waals surface area (Å²) in [6, 6.07) is 5.35. The lowest BCUT2D eigenvalue weighted by atomic mass is 10.2. The zero-order chi connectivity index (χ0) is 13.1. The summed E-state index contributed by atoms with van der Waals surface area (Å²) in [7, 11) is 0. The first kappa shape index (κ1) is 12.0. The smallest absolute Gasteiger partial charge is 0.339 e. The van der Waals surface area contributed by atoms with Crippen LogP contribution in [-0.2, 0) is 0 Å². The summed E-state index contributed by atoms with van der Waals surface area (Å²) in [5.74, 6) is -1.01. The fourth-order valence-electron chi connectivity index (χ4n) is 1.60. The standard InChI is InChI=1S/C13H13N3O2/c1-8-6-12(10(7-15-8)13(17)18)16-11-4-3-5-14-9(11)2/h3-7H,1-2H3,(H,15,16)(H,17,18). The Morgan fingerprint density at radius 2 is 2.06 bits per heavy atom. The second kappa shape index (κ2) is 4.83. The highest BCUT2D eigenvalue weighted by Crippen LogP contribution is 2.22. The molecule has 0 atom stereocenters. The van der Waals surface area contributed by atoms with Crippen molar-refractivity contribution < 1.29 is 9.90 Å². The molecule has 18 heavy (non-hydrogen) atoms. The van der Waals surface area contributed by atoms with Gasteiger partial charge in [-0.05, 0) is 32.0 Å². The molecule has 0 aliphatic carbocycles. The lowest BCUT2D eigenvalue weighted by Crippen LogP contribution is -2.05. The molecular formula is C13H13N3O2. The fourth-order valence-corrected chi connectivity index (χ4v) is 1.60. The van der Waals surface area contributed by atoms with Crippen LogP contribution in [0, 0.1) is 13.8 Å². The van der Waals surface area contributed by atoms with Crippen molar-refractivity contribution in [3.05, 3.63) is 47.5 Å². The molecule has 0 amide bonds. The van der Waals surface area contributed by atoms with Gasteiger partial charge in [0.25, 0.3) is 0 Å². The first-order valence-corrected chi connectivity index (χ1v) is 5.46. The van der Waals surface area contributed by atoms with Gasteiger partial charge >= 0.3 is 5.97 Å². The molecule has 0 spiro atoms. The molecule has 2 heterocycles. The van der Waals surface area contributed by atoms with Crippen molar-refractivity contribution in [2.45, 2.75) is 13.8 Å². The summed E-state index contributed by atoms with van der Waals surface area (Å²) in [6.45, 7) is 3.67. The Bertz CT molecular complexity index is 597. The maximum Gasteiger partial charge on any atom is 0.339 e. The van der Waals surface area contributed by atoms with Gasteiger partial charge in [0, 0.05) is 18.1 Å². The molecule has 0 bridgehead atoms. The molecule has 0 aliphatic rings. The summed E-state index contributed by atoms with van der Waals surface area (Å²) >= 11 is 0. The number of hydrogen-bond acceptors (Lipinski definition) is 4. The molecule has 2 aromatic heterocycles. The number of nitrogens with one attached hydrogen (secondary N) is 1. The van der Waals surface area contributed by atoms with E-state index in [1.54, 1.807) is 18.3 Å². The normalized spacial score (nSPS) is 10.1. The molecular weight excluding hydrogens is 230 g/mol. The summed E-state index contributed by atoms with van der Waals surface area (Å²) in [6.07, 6.45) is 3.04. The number of pyridine rings is 2. The molecule has 5 nitrogen and oxygen atoms in total. The number of nitrogens with zero attached hydrogens (tertiary/aromatic N) is 2. The Morgan fingerprint density at radius 3 is 2.72 bits per heavy atom. The summed E-state index contributed by atoms with van der Waals surface area (Å²) in [5, 5.41) is 12.2. The predicted octanol–water partition coefficient (Wildman–Crippen LogP) is 2.54. The van der Waals surface area contributed by atoms with Crippen molar-refractivity contribution >= 4 is 17.3 Å². The van der Waals surface area contributed by atoms with E-state index in [0.29, 0.717) is 5.69 Å². The van der Waals surface area contributed by atoms with Gasteiger partial charge in [-0.3, -0.25) is 9.97 Å². The molecule has 2 rings (SSSR count). The van der Waals surface area contributed by atoms with Crippen LogP contribution in [0.3, 0.4) is 0 Å². The highest BCUT2D eigenvalue weighted by Gasteiger charge is 2.11. The van der Waals surface area contributed by atoms with E-state index in [1.807, 2.05) is 19.9 Å². The Labute approximate surface area is 105 Å². The highest BCUT2D eigenvalue weighted by atomic mass is 16.4. The second-order valence-electron chi connectivity index (χ2n) is 3.94. The lowest BCUT2D eigenvalue weighted by molar-refractivity contribution is 0.0697. The van der Waals surface area contributed by atoms with Crippen LogP contribution in [0.5, 0.6) is 0 Å². The summed E-state index contributed by atoms with van der Waals surface area (Å²) < 4.78 is 0. The van der Waals surface area contributed by atoms with Gasteiger partial charge in [0.2, 0.25) is 0 Å². The van der Waals surface area contributed by atoms with Crippen molar-refractivity contribution in [3.8, 4) is 0 Å². The van der Waals surface area contributed by atoms with Gasteiger partial charge in [-0.15, -0.1) is 0 Å². The number of aromatic carboxylic acids is 1. The van der Waals surface area contributed by atoms with Gasteiger partial charge in [0.15, 0.2) is 0 Å². The van der Waals surface area contributed by atoms with E-state index in [1.165, 1.54) is 6.20 Å². The van der Waals surface area contributed by atoms with E-state index in [2.05, 4.69) is 15.3 Å². The molecule has 0 aromatic carbocycles. The first-order valence-electron chi connectivity index (χ1n) is 5.46. The number of hydrogen-bond donors (Lipinski definition) is 2. The van der Waals surface area contributed by atoms with Crippen molar-refractivity contribution in [3.63, 3.8) is 0 Å². The number of anilines is 2. The summed E-state index contributed by atoms with van der Waals surface area (Å²) in [5.41, 5.74) is 3.01. The minimum Gasteiger partial charge on any atom is -0.478 e. The van der Waals surface area contributed by atoms with Gasteiger partial charge in [0.05, 0.1) is 17.1 Å². The van der Waals surface area contributed by atoms with E-state index < -0.39 is 5.97 Å². The molecule has 0 saturated heterocycles. The van der Waals surface area contributed by atoms with Gasteiger partial charge in [-0.25, -0.2) is 4.79 Å². The van der Waals surface area contributed by atoms with E-state index >= 15 is 0 Å². The Morgan fingerprint density at radius 1 is 1.28 bits per heavy atom. The predicted molar refractivity (Wildman–Crippen MR) is 68.2 cm³/mol. The van der Waals surface area contributed by atoms with Crippen LogP contribution in [0.2, 0.25) is 0 Å². The maximum atomic E-state index is 11.1. The second-order valence-corrected chi connectivity index (χ2v) is 3.94. The van der Waals surface area contributed by atoms with Gasteiger partial charge in [-0.1, -0.05) is 0 Å². The molecule has 0 unspecified atom stereocenters. The zero-order valence-corrected chi connectivity index (χ0v) is 10.1. The number of aromatic nitrogens is 2. The van der Waals surface area contributed by atoms with Crippen LogP contribution in [0.1, 0.15) is 21.7 Å². The third-order valence-corrected chi connectivity index (χ3v) is 2.55. The van der Waals surface area contributed by atoms with E-state index in [4.69, 9.17) is 5.11 Å². The zero-order valence-electron chi connectivity index (χ0n) is 10.1. The largest absolute Gasteiger partial charge is 0.478 e. The molecule has 0 aliphatic heterocycles. The van der Waals surface area contributed by atoms with Gasteiger partial charge < -0.3 is 10.4 Å². The van der Waals surface area contributed by atoms with E-state index in [0.717, 1.165) is 17.1 Å². The maximum absolute atomic E-state index is 11.1. The van der Waals surface area contributed by atoms with Crippen LogP contribution in [0.15, 0.2) is 30.6 Å². The third kappa shape index (κ3) is 2.45. The SMILES string of the molecule is Cc1cc(Nc2cccnc2C)c(C(=O)O)cn1. The number of carboxylic acids is 1. The van der Waals surface area contributed by atoms with Crippen LogP contribution in [0.25, 0.3) is 0 Å². The minimum atomic E-state index is -1.01. The lowest BCUT2D eigenvalue weighted by Gasteiger charge is -2.11. The van der Waals surface area contributed by atoms with Gasteiger partial charge in [-0.2, -0.15) is 0 Å². The first-order chi connectivity index (χ1) is 8.58. The third-order valence-electron chi connectivity index (χ3n) is 2.55. The highest BCUT2D eigenvalue weighted by molar-refractivity contribution is 5.94. The van der Waals surface area contributed by atoms with Crippen LogP contribution >= 0.6 is 0 Å². The number of aryl methyl sites for hydroxylation is 2. The quantitative estimate of drug-likeness (QED) is 0.866. The molecule has 5 heteroatoms. The minimum absolute atomic E-state index is 0.142. The molecule has 0 saturated carbocycles. The molecule has 2 N–H and O–H groups in total. The van der Waals surface area contributed by atoms with Crippen molar-refractivity contribution in [1.82, 2.24) is 9.97 Å². The average molecular weight is 243 g/mol. The number of rotatable bonds is 3.